The standard InChI is InChI=1S/C11H18N4O/c1-2-5-14-6-3-4-11(8-14)15-7-10(9-16)12-13-15/h7,9,11H,2-6,8H2,1H3/t11-/m1/s1. The van der Waals surface area contributed by atoms with Crippen molar-refractivity contribution >= 4 is 6.29 Å². The van der Waals surface area contributed by atoms with Crippen molar-refractivity contribution in [3.05, 3.63) is 11.9 Å². The number of rotatable bonds is 4. The van der Waals surface area contributed by atoms with Gasteiger partial charge in [0.25, 0.3) is 0 Å². The second-order valence-electron chi connectivity index (χ2n) is 4.34. The molecule has 0 amide bonds. The van der Waals surface area contributed by atoms with Crippen molar-refractivity contribution in [1.29, 1.82) is 0 Å². The number of aromatic nitrogens is 3. The van der Waals surface area contributed by atoms with Crippen LogP contribution < -0.4 is 0 Å². The first-order valence-corrected chi connectivity index (χ1v) is 5.93. The molecule has 0 saturated carbocycles. The molecule has 0 bridgehead atoms. The van der Waals surface area contributed by atoms with E-state index in [2.05, 4.69) is 22.1 Å². The number of hydrogen-bond donors (Lipinski definition) is 0. The van der Waals surface area contributed by atoms with Crippen LogP contribution in [0.5, 0.6) is 0 Å². The van der Waals surface area contributed by atoms with Crippen LogP contribution in [0, 0.1) is 0 Å². The van der Waals surface area contributed by atoms with Crippen LogP contribution in [0.3, 0.4) is 0 Å². The zero-order chi connectivity index (χ0) is 11.4. The summed E-state index contributed by atoms with van der Waals surface area (Å²) in [4.78, 5) is 13.0. The number of likely N-dealkylation sites (tertiary alicyclic amines) is 1. The molecule has 5 nitrogen and oxygen atoms in total. The molecule has 0 spiro atoms. The summed E-state index contributed by atoms with van der Waals surface area (Å²) in [6.07, 6.45) is 6.00. The van der Waals surface area contributed by atoms with Gasteiger partial charge in [-0.05, 0) is 32.4 Å². The van der Waals surface area contributed by atoms with Crippen molar-refractivity contribution in [2.75, 3.05) is 19.6 Å². The molecule has 0 radical (unpaired) electrons. The number of hydrogen-bond acceptors (Lipinski definition) is 4. The number of carbonyl (C=O) groups excluding carboxylic acids is 1. The van der Waals surface area contributed by atoms with Crippen LogP contribution in [-0.2, 0) is 0 Å². The summed E-state index contributed by atoms with van der Waals surface area (Å²) in [5.74, 6) is 0. The van der Waals surface area contributed by atoms with Crippen LogP contribution in [0.4, 0.5) is 0 Å². The smallest absolute Gasteiger partial charge is 0.171 e. The minimum absolute atomic E-state index is 0.376. The fourth-order valence-corrected chi connectivity index (χ4v) is 2.29. The summed E-state index contributed by atoms with van der Waals surface area (Å²) in [5.41, 5.74) is 0.424. The highest BCUT2D eigenvalue weighted by Gasteiger charge is 2.21. The molecule has 1 aromatic rings. The molecule has 2 rings (SSSR count). The topological polar surface area (TPSA) is 51.0 Å². The fourth-order valence-electron chi connectivity index (χ4n) is 2.29. The Bertz CT molecular complexity index is 348. The predicted molar refractivity (Wildman–Crippen MR) is 60.4 cm³/mol. The molecule has 1 fully saturated rings. The van der Waals surface area contributed by atoms with Crippen LogP contribution >= 0.6 is 0 Å². The summed E-state index contributed by atoms with van der Waals surface area (Å²) in [6.45, 7) is 5.55. The largest absolute Gasteiger partial charge is 0.301 e. The van der Waals surface area contributed by atoms with Crippen molar-refractivity contribution in [2.24, 2.45) is 0 Å². The summed E-state index contributed by atoms with van der Waals surface area (Å²) >= 11 is 0. The predicted octanol–water partition coefficient (Wildman–Crippen LogP) is 1.14. The second-order valence-corrected chi connectivity index (χ2v) is 4.34. The van der Waals surface area contributed by atoms with Gasteiger partial charge in [-0.25, -0.2) is 4.68 Å². The molecule has 5 heteroatoms. The number of carbonyl (C=O) groups is 1. The third kappa shape index (κ3) is 2.47. The summed E-state index contributed by atoms with van der Waals surface area (Å²) < 4.78 is 1.84. The van der Waals surface area contributed by atoms with Crippen LogP contribution in [0.15, 0.2) is 6.20 Å². The van der Waals surface area contributed by atoms with Crippen LogP contribution in [0.2, 0.25) is 0 Å². The van der Waals surface area contributed by atoms with Gasteiger partial charge in [0.1, 0.15) is 5.69 Å². The highest BCUT2D eigenvalue weighted by atomic mass is 16.1. The average Bonchev–Trinajstić information content (AvgIpc) is 2.78. The van der Waals surface area contributed by atoms with E-state index in [9.17, 15) is 4.79 Å². The Balaban J connectivity index is 2.00. The zero-order valence-corrected chi connectivity index (χ0v) is 9.67. The van der Waals surface area contributed by atoms with E-state index in [1.165, 1.54) is 19.4 Å². The van der Waals surface area contributed by atoms with Gasteiger partial charge in [0.05, 0.1) is 12.2 Å². The van der Waals surface area contributed by atoms with Gasteiger partial charge in [-0.3, -0.25) is 4.79 Å². The molecule has 1 atom stereocenters. The van der Waals surface area contributed by atoms with E-state index in [1.54, 1.807) is 6.20 Å². The lowest BCUT2D eigenvalue weighted by Gasteiger charge is -2.32. The van der Waals surface area contributed by atoms with Crippen molar-refractivity contribution in [2.45, 2.75) is 32.2 Å². The lowest BCUT2D eigenvalue weighted by molar-refractivity contribution is 0.111. The maximum atomic E-state index is 10.5. The molecule has 0 aromatic carbocycles. The molecule has 88 valence electrons. The normalized spacial score (nSPS) is 22.2. The number of nitrogens with zero attached hydrogens (tertiary/aromatic N) is 4. The van der Waals surface area contributed by atoms with E-state index in [-0.39, 0.29) is 0 Å². The summed E-state index contributed by atoms with van der Waals surface area (Å²) in [7, 11) is 0. The van der Waals surface area contributed by atoms with Gasteiger partial charge in [0.15, 0.2) is 6.29 Å². The highest BCUT2D eigenvalue weighted by molar-refractivity contribution is 5.70. The lowest BCUT2D eigenvalue weighted by atomic mass is 10.1. The zero-order valence-electron chi connectivity index (χ0n) is 9.67. The van der Waals surface area contributed by atoms with E-state index in [4.69, 9.17) is 0 Å². The Morgan fingerprint density at radius 3 is 3.19 bits per heavy atom. The molecule has 0 N–H and O–H groups in total. The Morgan fingerprint density at radius 2 is 2.50 bits per heavy atom. The molecule has 0 aliphatic carbocycles. The molecule has 1 aliphatic heterocycles. The Hall–Kier alpha value is -1.23. The van der Waals surface area contributed by atoms with E-state index in [0.29, 0.717) is 11.7 Å². The first-order chi connectivity index (χ1) is 7.83. The molecular weight excluding hydrogens is 204 g/mol. The van der Waals surface area contributed by atoms with E-state index < -0.39 is 0 Å². The molecule has 1 aromatic heterocycles. The minimum Gasteiger partial charge on any atom is -0.301 e. The summed E-state index contributed by atoms with van der Waals surface area (Å²) in [6, 6.07) is 0.376. The Kier molecular flexibility index (Phi) is 3.66. The van der Waals surface area contributed by atoms with Gasteiger partial charge in [0, 0.05) is 6.54 Å². The Morgan fingerprint density at radius 1 is 1.62 bits per heavy atom. The average molecular weight is 222 g/mol. The molecule has 16 heavy (non-hydrogen) atoms. The van der Waals surface area contributed by atoms with Crippen molar-refractivity contribution in [3.63, 3.8) is 0 Å². The minimum atomic E-state index is 0.376. The molecule has 1 aliphatic rings. The van der Waals surface area contributed by atoms with Crippen molar-refractivity contribution in [3.8, 4) is 0 Å². The summed E-state index contributed by atoms with van der Waals surface area (Å²) in [5, 5.41) is 7.82. The van der Waals surface area contributed by atoms with E-state index in [1.807, 2.05) is 4.68 Å². The van der Waals surface area contributed by atoms with Gasteiger partial charge in [-0.2, -0.15) is 0 Å². The monoisotopic (exact) mass is 222 g/mol. The Labute approximate surface area is 95.4 Å². The third-order valence-electron chi connectivity index (χ3n) is 3.04. The number of aldehydes is 1. The molecular formula is C11H18N4O. The lowest BCUT2D eigenvalue weighted by Crippen LogP contribution is -2.37. The van der Waals surface area contributed by atoms with Crippen molar-refractivity contribution < 1.29 is 4.79 Å². The molecule has 1 saturated heterocycles. The SMILES string of the molecule is CCCN1CCC[C@@H](n2cc(C=O)nn2)C1. The maximum absolute atomic E-state index is 10.5. The van der Waals surface area contributed by atoms with Crippen LogP contribution in [-0.4, -0.2) is 45.8 Å². The second kappa shape index (κ2) is 5.21. The van der Waals surface area contributed by atoms with Gasteiger partial charge in [-0.1, -0.05) is 12.1 Å². The first-order valence-electron chi connectivity index (χ1n) is 5.93. The van der Waals surface area contributed by atoms with E-state index in [0.717, 1.165) is 25.8 Å². The van der Waals surface area contributed by atoms with Crippen molar-refractivity contribution in [1.82, 2.24) is 19.9 Å². The van der Waals surface area contributed by atoms with Gasteiger partial charge in [0.2, 0.25) is 0 Å². The first kappa shape index (κ1) is 11.3. The van der Waals surface area contributed by atoms with Gasteiger partial charge in [-0.15, -0.1) is 5.10 Å². The van der Waals surface area contributed by atoms with Crippen LogP contribution in [0.1, 0.15) is 42.7 Å². The quantitative estimate of drug-likeness (QED) is 0.717. The maximum Gasteiger partial charge on any atom is 0.171 e. The molecule has 0 unspecified atom stereocenters. The van der Waals surface area contributed by atoms with Gasteiger partial charge >= 0.3 is 0 Å². The number of piperidine rings is 1. The van der Waals surface area contributed by atoms with Gasteiger partial charge < -0.3 is 4.90 Å². The van der Waals surface area contributed by atoms with Crippen LogP contribution in [0.25, 0.3) is 0 Å². The molecule has 2 heterocycles. The fraction of sp³-hybridized carbons (Fsp3) is 0.727. The van der Waals surface area contributed by atoms with E-state index >= 15 is 0 Å². The highest BCUT2D eigenvalue weighted by Crippen LogP contribution is 2.20. The third-order valence-corrected chi connectivity index (χ3v) is 3.04.